The summed E-state index contributed by atoms with van der Waals surface area (Å²) in [7, 11) is 2.00. The number of para-hydroxylation sites is 2. The Balaban J connectivity index is 1.85. The van der Waals surface area contributed by atoms with E-state index in [9.17, 15) is 10.5 Å². The maximum Gasteiger partial charge on any atom is 0.127 e. The fourth-order valence-corrected chi connectivity index (χ4v) is 3.76. The Labute approximate surface area is 169 Å². The van der Waals surface area contributed by atoms with E-state index >= 15 is 0 Å². The normalized spacial score (nSPS) is 19.1. The molecule has 0 bridgehead atoms. The second-order valence-electron chi connectivity index (χ2n) is 7.01. The predicted molar refractivity (Wildman–Crippen MR) is 115 cm³/mol. The molecule has 1 aromatic heterocycles. The third-order valence-corrected chi connectivity index (χ3v) is 5.43. The van der Waals surface area contributed by atoms with E-state index in [4.69, 9.17) is 5.73 Å². The van der Waals surface area contributed by atoms with Gasteiger partial charge in [0.05, 0.1) is 23.0 Å². The molecule has 3 aromatic rings. The molecule has 2 heterocycles. The molecule has 2 atom stereocenters. The lowest BCUT2D eigenvalue weighted by molar-refractivity contribution is 0.624. The van der Waals surface area contributed by atoms with E-state index in [1.807, 2.05) is 74.6 Å². The molecular formula is C23H20N6. The summed E-state index contributed by atoms with van der Waals surface area (Å²) in [5.41, 5.74) is 10.9. The van der Waals surface area contributed by atoms with Crippen LogP contribution in [0.5, 0.6) is 0 Å². The molecule has 2 aromatic carbocycles. The highest BCUT2D eigenvalue weighted by molar-refractivity contribution is 6.12. The van der Waals surface area contributed by atoms with E-state index in [1.54, 1.807) is 5.01 Å². The zero-order valence-corrected chi connectivity index (χ0v) is 16.2. The van der Waals surface area contributed by atoms with Crippen LogP contribution in [-0.4, -0.2) is 16.4 Å². The van der Waals surface area contributed by atoms with Crippen LogP contribution in [0, 0.1) is 35.5 Å². The van der Waals surface area contributed by atoms with Crippen molar-refractivity contribution in [1.82, 2.24) is 4.57 Å². The van der Waals surface area contributed by atoms with Gasteiger partial charge in [0.15, 0.2) is 0 Å². The molecule has 0 unspecified atom stereocenters. The quantitative estimate of drug-likeness (QED) is 0.701. The number of hydrogen-bond acceptors (Lipinski definition) is 5. The number of aryl methyl sites for hydroxylation is 1. The van der Waals surface area contributed by atoms with E-state index in [0.717, 1.165) is 27.8 Å². The van der Waals surface area contributed by atoms with Crippen LogP contribution in [0.3, 0.4) is 0 Å². The summed E-state index contributed by atoms with van der Waals surface area (Å²) in [5, 5.41) is 26.9. The number of aromatic nitrogens is 1. The first-order valence-electron chi connectivity index (χ1n) is 9.31. The molecule has 2 N–H and O–H groups in total. The minimum atomic E-state index is -0.698. The van der Waals surface area contributed by atoms with E-state index < -0.39 is 12.1 Å². The first kappa shape index (κ1) is 18.5. The van der Waals surface area contributed by atoms with Gasteiger partial charge in [-0.05, 0) is 31.2 Å². The number of nitriles is 2. The summed E-state index contributed by atoms with van der Waals surface area (Å²) in [4.78, 5) is 0. The Bertz CT molecular complexity index is 1220. The van der Waals surface area contributed by atoms with E-state index in [-0.39, 0.29) is 0 Å². The summed E-state index contributed by atoms with van der Waals surface area (Å²) < 4.78 is 2.09. The second kappa shape index (κ2) is 7.27. The first-order valence-corrected chi connectivity index (χ1v) is 9.31. The monoisotopic (exact) mass is 380 g/mol. The zero-order chi connectivity index (χ0) is 20.5. The fourth-order valence-electron chi connectivity index (χ4n) is 3.76. The summed E-state index contributed by atoms with van der Waals surface area (Å²) in [6, 6.07) is 21.9. The zero-order valence-electron chi connectivity index (χ0n) is 16.2. The number of benzene rings is 2. The lowest BCUT2D eigenvalue weighted by atomic mass is 9.95. The Morgan fingerprint density at radius 1 is 1.10 bits per heavy atom. The van der Waals surface area contributed by atoms with Crippen molar-refractivity contribution in [3.05, 3.63) is 71.4 Å². The van der Waals surface area contributed by atoms with Crippen molar-refractivity contribution >= 4 is 28.4 Å². The van der Waals surface area contributed by atoms with E-state index in [1.165, 1.54) is 0 Å². The van der Waals surface area contributed by atoms with Crippen molar-refractivity contribution in [2.75, 3.05) is 5.01 Å². The van der Waals surface area contributed by atoms with Crippen LogP contribution in [0.4, 0.5) is 5.69 Å². The van der Waals surface area contributed by atoms with Gasteiger partial charge in [0.25, 0.3) is 0 Å². The summed E-state index contributed by atoms with van der Waals surface area (Å²) in [6.45, 7) is 2.01. The van der Waals surface area contributed by atoms with Gasteiger partial charge in [0, 0.05) is 29.2 Å². The van der Waals surface area contributed by atoms with Crippen LogP contribution in [0.2, 0.25) is 0 Å². The highest BCUT2D eigenvalue weighted by Crippen LogP contribution is 2.31. The second-order valence-corrected chi connectivity index (χ2v) is 7.01. The molecule has 0 amide bonds. The third-order valence-electron chi connectivity index (χ3n) is 5.43. The average molecular weight is 380 g/mol. The number of hydrazone groups is 1. The number of anilines is 1. The lowest BCUT2D eigenvalue weighted by Crippen LogP contribution is -2.40. The molecule has 142 valence electrons. The van der Waals surface area contributed by atoms with Crippen molar-refractivity contribution in [1.29, 1.82) is 10.5 Å². The molecule has 0 spiro atoms. The molecular weight excluding hydrogens is 360 g/mol. The molecule has 6 nitrogen and oxygen atoms in total. The summed E-state index contributed by atoms with van der Waals surface area (Å²) >= 11 is 0. The maximum absolute atomic E-state index is 9.90. The molecule has 1 aliphatic rings. The van der Waals surface area contributed by atoms with Crippen molar-refractivity contribution in [2.45, 2.75) is 13.1 Å². The Kier molecular flexibility index (Phi) is 4.64. The number of rotatable bonds is 3. The van der Waals surface area contributed by atoms with Gasteiger partial charge < -0.3 is 10.3 Å². The van der Waals surface area contributed by atoms with Crippen LogP contribution in [0.1, 0.15) is 11.3 Å². The third kappa shape index (κ3) is 2.97. The number of allylic oxidation sites excluding steroid dienone is 1. The summed E-state index contributed by atoms with van der Waals surface area (Å²) in [5.74, 6) is -0.698. The maximum atomic E-state index is 9.90. The molecule has 4 rings (SSSR count). The number of hydrogen-bond donors (Lipinski definition) is 1. The number of nitrogens with two attached hydrogens (primary N) is 1. The van der Waals surface area contributed by atoms with Crippen LogP contribution in [0.15, 0.2) is 65.3 Å². The van der Waals surface area contributed by atoms with Crippen molar-refractivity contribution < 1.29 is 0 Å². The van der Waals surface area contributed by atoms with Crippen LogP contribution < -0.4 is 10.7 Å². The fraction of sp³-hybridized carbons (Fsp3) is 0.174. The van der Waals surface area contributed by atoms with Crippen LogP contribution in [-0.2, 0) is 7.05 Å². The minimum Gasteiger partial charge on any atom is -0.347 e. The highest BCUT2D eigenvalue weighted by Gasteiger charge is 2.37. The van der Waals surface area contributed by atoms with Gasteiger partial charge in [-0.2, -0.15) is 15.6 Å². The number of nitrogens with zero attached hydrogens (tertiary/aromatic N) is 5. The van der Waals surface area contributed by atoms with Gasteiger partial charge in [-0.15, -0.1) is 0 Å². The van der Waals surface area contributed by atoms with Crippen LogP contribution >= 0.6 is 0 Å². The van der Waals surface area contributed by atoms with Gasteiger partial charge in [-0.3, -0.25) is 0 Å². The van der Waals surface area contributed by atoms with E-state index in [0.29, 0.717) is 11.3 Å². The standard InChI is InChI=1S/C23H20N6/c1-15-19(18-10-6-7-11-21(18)28(15)2)12-16(13-24)22-20(14-25)23(26)29(27-22)17-8-4-3-5-9-17/h3-12,20,23H,26H2,1-2H3/b16-12+/t20-,23+/m0/s1. The molecule has 0 aliphatic carbocycles. The van der Waals surface area contributed by atoms with Crippen molar-refractivity contribution in [3.8, 4) is 12.1 Å². The molecule has 29 heavy (non-hydrogen) atoms. The topological polar surface area (TPSA) is 94.1 Å². The molecule has 6 heteroatoms. The van der Waals surface area contributed by atoms with Gasteiger partial charge in [0.2, 0.25) is 0 Å². The summed E-state index contributed by atoms with van der Waals surface area (Å²) in [6.07, 6.45) is 1.17. The van der Waals surface area contributed by atoms with Gasteiger partial charge >= 0.3 is 0 Å². The SMILES string of the molecule is Cc1c(/C=C(\C#N)C2=NN(c3ccccc3)[C@@H](N)[C@H]2C#N)c2ccccc2n1C. The number of fused-ring (bicyclic) bond motifs is 1. The van der Waals surface area contributed by atoms with Crippen molar-refractivity contribution in [2.24, 2.45) is 23.8 Å². The molecule has 0 saturated heterocycles. The highest BCUT2D eigenvalue weighted by atomic mass is 15.5. The molecule has 0 saturated carbocycles. The van der Waals surface area contributed by atoms with Gasteiger partial charge in [-0.1, -0.05) is 36.4 Å². The Hall–Kier alpha value is -3.87. The predicted octanol–water partition coefficient (Wildman–Crippen LogP) is 3.69. The van der Waals surface area contributed by atoms with Crippen molar-refractivity contribution in [3.63, 3.8) is 0 Å². The molecule has 1 aliphatic heterocycles. The lowest BCUT2D eigenvalue weighted by Gasteiger charge is -2.21. The Morgan fingerprint density at radius 3 is 2.48 bits per heavy atom. The van der Waals surface area contributed by atoms with Crippen LogP contribution in [0.25, 0.3) is 17.0 Å². The molecule has 0 fully saturated rings. The Morgan fingerprint density at radius 2 is 1.79 bits per heavy atom. The van der Waals surface area contributed by atoms with E-state index in [2.05, 4.69) is 21.8 Å². The first-order chi connectivity index (χ1) is 14.1. The molecule has 0 radical (unpaired) electrons. The van der Waals surface area contributed by atoms with Gasteiger partial charge in [-0.25, -0.2) is 5.01 Å². The minimum absolute atomic E-state index is 0.352. The largest absolute Gasteiger partial charge is 0.347 e. The smallest absolute Gasteiger partial charge is 0.127 e. The van der Waals surface area contributed by atoms with Gasteiger partial charge in [0.1, 0.15) is 18.2 Å². The average Bonchev–Trinajstić information content (AvgIpc) is 3.21.